The van der Waals surface area contributed by atoms with Gasteiger partial charge in [-0.2, -0.15) is 0 Å². The number of aliphatic hydroxyl groups excluding tert-OH is 1. The van der Waals surface area contributed by atoms with Gasteiger partial charge in [0.15, 0.2) is 0 Å². The minimum Gasteiger partial charge on any atom is -0.495 e. The van der Waals surface area contributed by atoms with Crippen LogP contribution in [0.5, 0.6) is 5.75 Å². The lowest BCUT2D eigenvalue weighted by molar-refractivity contribution is 0.146. The first-order valence-corrected chi connectivity index (χ1v) is 5.66. The van der Waals surface area contributed by atoms with Crippen LogP contribution in [0, 0.1) is 0 Å². The molecular weight excluding hydrogens is 218 g/mol. The van der Waals surface area contributed by atoms with Gasteiger partial charge in [-0.25, -0.2) is 0 Å². The van der Waals surface area contributed by atoms with Gasteiger partial charge in [0.2, 0.25) is 0 Å². The number of nitrogens with one attached hydrogen (secondary N) is 1. The molecule has 0 radical (unpaired) electrons. The van der Waals surface area contributed by atoms with Gasteiger partial charge in [0.05, 0.1) is 24.9 Å². The van der Waals surface area contributed by atoms with Crippen LogP contribution in [0.2, 0.25) is 0 Å². The molecule has 0 saturated carbocycles. The van der Waals surface area contributed by atoms with Crippen LogP contribution in [0.25, 0.3) is 0 Å². The molecule has 1 aromatic rings. The van der Waals surface area contributed by atoms with Gasteiger partial charge >= 0.3 is 0 Å². The molecule has 0 aliphatic rings. The van der Waals surface area contributed by atoms with Gasteiger partial charge in [0.1, 0.15) is 5.75 Å². The van der Waals surface area contributed by atoms with Crippen molar-refractivity contribution < 1.29 is 14.6 Å². The number of ether oxygens (including phenoxy) is 2. The van der Waals surface area contributed by atoms with E-state index in [0.717, 1.165) is 17.9 Å². The fraction of sp³-hybridized carbons (Fsp3) is 0.538. The van der Waals surface area contributed by atoms with Crippen LogP contribution in [0.15, 0.2) is 24.3 Å². The molecule has 96 valence electrons. The number of methoxy groups -OCH3 is 2. The fourth-order valence-corrected chi connectivity index (χ4v) is 1.58. The minimum absolute atomic E-state index is 0.0361. The van der Waals surface area contributed by atoms with Gasteiger partial charge in [0.25, 0.3) is 0 Å². The number of para-hydroxylation sites is 2. The van der Waals surface area contributed by atoms with Crippen LogP contribution in [0.4, 0.5) is 5.69 Å². The summed E-state index contributed by atoms with van der Waals surface area (Å²) in [6, 6.07) is 7.66. The molecule has 17 heavy (non-hydrogen) atoms. The molecule has 0 fully saturated rings. The zero-order valence-corrected chi connectivity index (χ0v) is 10.7. The predicted molar refractivity (Wildman–Crippen MR) is 68.6 cm³/mol. The summed E-state index contributed by atoms with van der Waals surface area (Å²) in [7, 11) is 3.28. The van der Waals surface area contributed by atoms with E-state index in [1.54, 1.807) is 14.2 Å². The largest absolute Gasteiger partial charge is 0.495 e. The summed E-state index contributed by atoms with van der Waals surface area (Å²) in [5.74, 6) is 0.768. The summed E-state index contributed by atoms with van der Waals surface area (Å²) in [6.07, 6.45) is 0.720. The summed E-state index contributed by atoms with van der Waals surface area (Å²) < 4.78 is 10.3. The van der Waals surface area contributed by atoms with E-state index in [9.17, 15) is 5.11 Å². The maximum Gasteiger partial charge on any atom is 0.141 e. The quantitative estimate of drug-likeness (QED) is 0.763. The van der Waals surface area contributed by atoms with Crippen molar-refractivity contribution in [1.82, 2.24) is 0 Å². The third-order valence-corrected chi connectivity index (χ3v) is 2.75. The fourth-order valence-electron chi connectivity index (χ4n) is 1.58. The Morgan fingerprint density at radius 2 is 2.00 bits per heavy atom. The zero-order valence-electron chi connectivity index (χ0n) is 10.7. The van der Waals surface area contributed by atoms with Gasteiger partial charge in [0, 0.05) is 13.7 Å². The Bertz CT molecular complexity index is 343. The van der Waals surface area contributed by atoms with E-state index in [-0.39, 0.29) is 6.61 Å². The number of hydrogen-bond acceptors (Lipinski definition) is 4. The molecule has 0 spiro atoms. The molecular formula is C13H21NO3. The summed E-state index contributed by atoms with van der Waals surface area (Å²) in [5.41, 5.74) is 0.465. The standard InChI is InChI=1S/C13H21NO3/c1-13(10-15,8-9-16-2)14-11-6-4-5-7-12(11)17-3/h4-7,14-15H,8-10H2,1-3H3. The molecule has 1 rings (SSSR count). The maximum absolute atomic E-state index is 9.48. The number of rotatable bonds is 7. The van der Waals surface area contributed by atoms with Crippen LogP contribution >= 0.6 is 0 Å². The second-order valence-electron chi connectivity index (χ2n) is 4.29. The molecule has 0 saturated heterocycles. The Kier molecular flexibility index (Phi) is 5.25. The monoisotopic (exact) mass is 239 g/mol. The van der Waals surface area contributed by atoms with Crippen molar-refractivity contribution in [2.75, 3.05) is 32.8 Å². The molecule has 0 aliphatic carbocycles. The number of hydrogen-bond donors (Lipinski definition) is 2. The van der Waals surface area contributed by atoms with E-state index in [4.69, 9.17) is 9.47 Å². The highest BCUT2D eigenvalue weighted by Crippen LogP contribution is 2.27. The SMILES string of the molecule is COCCC(C)(CO)Nc1ccccc1OC. The van der Waals surface area contributed by atoms with Crippen molar-refractivity contribution in [3.8, 4) is 5.75 Å². The third kappa shape index (κ3) is 3.91. The number of aliphatic hydroxyl groups is 1. The van der Waals surface area contributed by atoms with Gasteiger partial charge in [-0.15, -0.1) is 0 Å². The van der Waals surface area contributed by atoms with E-state index in [1.807, 2.05) is 31.2 Å². The molecule has 1 atom stereocenters. The molecule has 0 aromatic heterocycles. The molecule has 4 nitrogen and oxygen atoms in total. The molecule has 2 N–H and O–H groups in total. The Morgan fingerprint density at radius 3 is 2.59 bits per heavy atom. The molecule has 0 bridgehead atoms. The second-order valence-corrected chi connectivity index (χ2v) is 4.29. The lowest BCUT2D eigenvalue weighted by Gasteiger charge is -2.30. The zero-order chi connectivity index (χ0) is 12.7. The Labute approximate surface area is 103 Å². The van der Waals surface area contributed by atoms with Crippen molar-refractivity contribution >= 4 is 5.69 Å². The van der Waals surface area contributed by atoms with Gasteiger partial charge in [-0.05, 0) is 25.5 Å². The number of benzene rings is 1. The molecule has 1 aromatic carbocycles. The van der Waals surface area contributed by atoms with Crippen molar-refractivity contribution in [3.63, 3.8) is 0 Å². The Balaban J connectivity index is 2.79. The van der Waals surface area contributed by atoms with E-state index < -0.39 is 5.54 Å². The van der Waals surface area contributed by atoms with Crippen LogP contribution < -0.4 is 10.1 Å². The topological polar surface area (TPSA) is 50.7 Å². The lowest BCUT2D eigenvalue weighted by atomic mass is 9.99. The molecule has 0 heterocycles. The van der Waals surface area contributed by atoms with E-state index in [2.05, 4.69) is 5.32 Å². The lowest BCUT2D eigenvalue weighted by Crippen LogP contribution is -2.40. The van der Waals surface area contributed by atoms with Crippen LogP contribution in [-0.4, -0.2) is 38.1 Å². The Morgan fingerprint density at radius 1 is 1.29 bits per heavy atom. The Hall–Kier alpha value is -1.26. The smallest absolute Gasteiger partial charge is 0.141 e. The average molecular weight is 239 g/mol. The molecule has 0 amide bonds. The molecule has 0 aliphatic heterocycles. The molecule has 4 heteroatoms. The van der Waals surface area contributed by atoms with Crippen molar-refractivity contribution in [2.24, 2.45) is 0 Å². The highest BCUT2D eigenvalue weighted by Gasteiger charge is 2.23. The van der Waals surface area contributed by atoms with E-state index in [1.165, 1.54) is 0 Å². The van der Waals surface area contributed by atoms with E-state index >= 15 is 0 Å². The second kappa shape index (κ2) is 6.47. The average Bonchev–Trinajstić information content (AvgIpc) is 2.37. The van der Waals surface area contributed by atoms with Crippen LogP contribution in [0.1, 0.15) is 13.3 Å². The number of anilines is 1. The minimum atomic E-state index is -0.412. The first-order chi connectivity index (χ1) is 8.15. The van der Waals surface area contributed by atoms with Crippen LogP contribution in [-0.2, 0) is 4.74 Å². The van der Waals surface area contributed by atoms with Crippen molar-refractivity contribution in [1.29, 1.82) is 0 Å². The summed E-state index contributed by atoms with van der Waals surface area (Å²) in [4.78, 5) is 0. The predicted octanol–water partition coefficient (Wildman–Crippen LogP) is 1.89. The summed E-state index contributed by atoms with van der Waals surface area (Å²) in [6.45, 7) is 2.59. The first kappa shape index (κ1) is 13.8. The van der Waals surface area contributed by atoms with Crippen molar-refractivity contribution in [3.05, 3.63) is 24.3 Å². The summed E-state index contributed by atoms with van der Waals surface area (Å²) in [5, 5.41) is 12.8. The maximum atomic E-state index is 9.48. The first-order valence-electron chi connectivity index (χ1n) is 5.66. The highest BCUT2D eigenvalue weighted by atomic mass is 16.5. The van der Waals surface area contributed by atoms with Gasteiger partial charge in [-0.1, -0.05) is 12.1 Å². The van der Waals surface area contributed by atoms with Gasteiger partial charge in [-0.3, -0.25) is 0 Å². The third-order valence-electron chi connectivity index (χ3n) is 2.75. The summed E-state index contributed by atoms with van der Waals surface area (Å²) >= 11 is 0. The normalized spacial score (nSPS) is 14.1. The van der Waals surface area contributed by atoms with Crippen LogP contribution in [0.3, 0.4) is 0 Å². The van der Waals surface area contributed by atoms with Crippen molar-refractivity contribution in [2.45, 2.75) is 18.9 Å². The van der Waals surface area contributed by atoms with Gasteiger partial charge < -0.3 is 19.9 Å². The highest BCUT2D eigenvalue weighted by molar-refractivity contribution is 5.57. The molecule has 1 unspecified atom stereocenters. The van der Waals surface area contributed by atoms with E-state index in [0.29, 0.717) is 6.61 Å².